The Balaban J connectivity index is 2.49. The van der Waals surface area contributed by atoms with E-state index in [-0.39, 0.29) is 11.5 Å². The monoisotopic (exact) mass is 286 g/mol. The molecule has 0 amide bonds. The average molecular weight is 286 g/mol. The van der Waals surface area contributed by atoms with Crippen LogP contribution in [0.3, 0.4) is 0 Å². The van der Waals surface area contributed by atoms with Gasteiger partial charge >= 0.3 is 0 Å². The second kappa shape index (κ2) is 7.70. The van der Waals surface area contributed by atoms with Gasteiger partial charge in [0.25, 0.3) is 0 Å². The molecule has 0 bridgehead atoms. The fourth-order valence-electron chi connectivity index (χ4n) is 1.97. The van der Waals surface area contributed by atoms with Gasteiger partial charge in [-0.05, 0) is 31.0 Å². The van der Waals surface area contributed by atoms with Gasteiger partial charge in [0, 0.05) is 30.7 Å². The Kier molecular flexibility index (Phi) is 6.58. The number of hydrogen-bond acceptors (Lipinski definition) is 3. The van der Waals surface area contributed by atoms with E-state index >= 15 is 0 Å². The van der Waals surface area contributed by atoms with Crippen LogP contribution in [0.15, 0.2) is 18.3 Å². The first kappa shape index (κ1) is 16.2. The van der Waals surface area contributed by atoms with Gasteiger partial charge < -0.3 is 9.88 Å². The molecule has 0 saturated heterocycles. The SMILES string of the molecule is CCCS(=O)(=O)CCn1cccc1CNCC(C)C. The van der Waals surface area contributed by atoms with Gasteiger partial charge in [-0.3, -0.25) is 0 Å². The maximum Gasteiger partial charge on any atom is 0.152 e. The fourth-order valence-corrected chi connectivity index (χ4v) is 3.27. The molecule has 5 heteroatoms. The summed E-state index contributed by atoms with van der Waals surface area (Å²) in [5.74, 6) is 1.13. The lowest BCUT2D eigenvalue weighted by Crippen LogP contribution is -2.22. The third-order valence-corrected chi connectivity index (χ3v) is 4.78. The van der Waals surface area contributed by atoms with Crippen molar-refractivity contribution in [1.29, 1.82) is 0 Å². The maximum absolute atomic E-state index is 11.7. The second-order valence-electron chi connectivity index (χ2n) is 5.37. The molecule has 0 aliphatic heterocycles. The minimum Gasteiger partial charge on any atom is -0.349 e. The Morgan fingerprint density at radius 3 is 2.68 bits per heavy atom. The minimum absolute atomic E-state index is 0.229. The summed E-state index contributed by atoms with van der Waals surface area (Å²) >= 11 is 0. The zero-order valence-electron chi connectivity index (χ0n) is 12.2. The molecule has 1 rings (SSSR count). The quantitative estimate of drug-likeness (QED) is 0.756. The van der Waals surface area contributed by atoms with Crippen molar-refractivity contribution in [1.82, 2.24) is 9.88 Å². The van der Waals surface area contributed by atoms with Crippen LogP contribution >= 0.6 is 0 Å². The Labute approximate surface area is 117 Å². The first-order valence-corrected chi connectivity index (χ1v) is 8.82. The lowest BCUT2D eigenvalue weighted by atomic mass is 10.2. The molecule has 0 saturated carbocycles. The highest BCUT2D eigenvalue weighted by Crippen LogP contribution is 2.04. The van der Waals surface area contributed by atoms with E-state index < -0.39 is 9.84 Å². The standard InChI is InChI=1S/C14H26N2O2S/c1-4-9-19(17,18)10-8-16-7-5-6-14(16)12-15-11-13(2)3/h5-7,13,15H,4,8-12H2,1-3H3. The van der Waals surface area contributed by atoms with Gasteiger partial charge in [0.2, 0.25) is 0 Å². The number of aryl methyl sites for hydroxylation is 1. The normalized spacial score (nSPS) is 12.2. The number of hydrogen-bond donors (Lipinski definition) is 1. The molecule has 0 spiro atoms. The smallest absolute Gasteiger partial charge is 0.152 e. The van der Waals surface area contributed by atoms with Gasteiger partial charge in [-0.15, -0.1) is 0 Å². The van der Waals surface area contributed by atoms with Crippen LogP contribution in [-0.2, 0) is 22.9 Å². The van der Waals surface area contributed by atoms with Crippen molar-refractivity contribution >= 4 is 9.84 Å². The second-order valence-corrected chi connectivity index (χ2v) is 7.67. The van der Waals surface area contributed by atoms with Crippen molar-refractivity contribution in [3.05, 3.63) is 24.0 Å². The van der Waals surface area contributed by atoms with E-state index in [4.69, 9.17) is 0 Å². The summed E-state index contributed by atoms with van der Waals surface area (Å²) in [5, 5.41) is 3.38. The average Bonchev–Trinajstić information content (AvgIpc) is 2.74. The lowest BCUT2D eigenvalue weighted by molar-refractivity contribution is 0.536. The van der Waals surface area contributed by atoms with Crippen LogP contribution in [-0.4, -0.2) is 31.0 Å². The Morgan fingerprint density at radius 2 is 2.05 bits per heavy atom. The number of nitrogens with one attached hydrogen (secondary N) is 1. The highest BCUT2D eigenvalue weighted by molar-refractivity contribution is 7.91. The zero-order chi connectivity index (χ0) is 14.3. The summed E-state index contributed by atoms with van der Waals surface area (Å²) in [6, 6.07) is 4.01. The molecule has 4 nitrogen and oxygen atoms in total. The molecule has 1 heterocycles. The molecule has 0 unspecified atom stereocenters. The van der Waals surface area contributed by atoms with Gasteiger partial charge in [-0.2, -0.15) is 0 Å². The summed E-state index contributed by atoms with van der Waals surface area (Å²) < 4.78 is 25.5. The summed E-state index contributed by atoms with van der Waals surface area (Å²) in [6.45, 7) is 8.55. The third kappa shape index (κ3) is 6.25. The van der Waals surface area contributed by atoms with Crippen LogP contribution in [0.4, 0.5) is 0 Å². The van der Waals surface area contributed by atoms with Crippen LogP contribution in [0.25, 0.3) is 0 Å². The van der Waals surface area contributed by atoms with Crippen LogP contribution in [0.1, 0.15) is 32.9 Å². The third-order valence-electron chi connectivity index (χ3n) is 2.94. The predicted octanol–water partition coefficient (Wildman–Crippen LogP) is 2.06. The minimum atomic E-state index is -2.90. The van der Waals surface area contributed by atoms with Crippen molar-refractivity contribution in [2.45, 2.75) is 40.3 Å². The van der Waals surface area contributed by atoms with Crippen LogP contribution in [0.5, 0.6) is 0 Å². The molecular formula is C14H26N2O2S. The zero-order valence-corrected chi connectivity index (χ0v) is 13.0. The molecule has 0 atom stereocenters. The molecule has 1 N–H and O–H groups in total. The lowest BCUT2D eigenvalue weighted by Gasteiger charge is -2.11. The van der Waals surface area contributed by atoms with E-state index in [1.165, 1.54) is 0 Å². The van der Waals surface area contributed by atoms with Gasteiger partial charge in [0.1, 0.15) is 0 Å². The topological polar surface area (TPSA) is 51.1 Å². The van der Waals surface area contributed by atoms with Crippen molar-refractivity contribution < 1.29 is 8.42 Å². The summed E-state index contributed by atoms with van der Waals surface area (Å²) in [5.41, 5.74) is 1.15. The molecular weight excluding hydrogens is 260 g/mol. The Hall–Kier alpha value is -0.810. The summed E-state index contributed by atoms with van der Waals surface area (Å²) in [7, 11) is -2.90. The van der Waals surface area contributed by atoms with Gasteiger partial charge in [-0.25, -0.2) is 8.42 Å². The first-order chi connectivity index (χ1) is 8.94. The summed E-state index contributed by atoms with van der Waals surface area (Å²) in [4.78, 5) is 0. The van der Waals surface area contributed by atoms with Crippen LogP contribution in [0, 0.1) is 5.92 Å². The van der Waals surface area contributed by atoms with Crippen molar-refractivity contribution in [3.63, 3.8) is 0 Å². The van der Waals surface area contributed by atoms with E-state index in [1.807, 2.05) is 29.8 Å². The maximum atomic E-state index is 11.7. The van der Waals surface area contributed by atoms with Crippen molar-refractivity contribution in [3.8, 4) is 0 Å². The van der Waals surface area contributed by atoms with Crippen LogP contribution in [0.2, 0.25) is 0 Å². The number of nitrogens with zero attached hydrogens (tertiary/aromatic N) is 1. The molecule has 0 aliphatic rings. The molecule has 1 aromatic heterocycles. The predicted molar refractivity (Wildman–Crippen MR) is 79.9 cm³/mol. The Morgan fingerprint density at radius 1 is 1.32 bits per heavy atom. The molecule has 0 radical (unpaired) electrons. The van der Waals surface area contributed by atoms with E-state index in [0.717, 1.165) is 18.8 Å². The molecule has 0 aliphatic carbocycles. The molecule has 0 fully saturated rings. The van der Waals surface area contributed by atoms with Gasteiger partial charge in [0.15, 0.2) is 9.84 Å². The summed E-state index contributed by atoms with van der Waals surface area (Å²) in [6.07, 6.45) is 2.64. The number of rotatable bonds is 9. The molecule has 0 aromatic carbocycles. The van der Waals surface area contributed by atoms with Crippen molar-refractivity contribution in [2.24, 2.45) is 5.92 Å². The highest BCUT2D eigenvalue weighted by atomic mass is 32.2. The molecule has 1 aromatic rings. The van der Waals surface area contributed by atoms with Gasteiger partial charge in [0.05, 0.1) is 5.75 Å². The molecule has 110 valence electrons. The highest BCUT2D eigenvalue weighted by Gasteiger charge is 2.10. The fraction of sp³-hybridized carbons (Fsp3) is 0.714. The van der Waals surface area contributed by atoms with E-state index in [0.29, 0.717) is 18.9 Å². The Bertz CT molecular complexity index is 464. The van der Waals surface area contributed by atoms with E-state index in [1.54, 1.807) is 0 Å². The molecule has 19 heavy (non-hydrogen) atoms. The van der Waals surface area contributed by atoms with Crippen LogP contribution < -0.4 is 5.32 Å². The van der Waals surface area contributed by atoms with Gasteiger partial charge in [-0.1, -0.05) is 20.8 Å². The number of sulfone groups is 1. The van der Waals surface area contributed by atoms with Crippen molar-refractivity contribution in [2.75, 3.05) is 18.1 Å². The van der Waals surface area contributed by atoms with E-state index in [2.05, 4.69) is 19.2 Å². The number of aromatic nitrogens is 1. The van der Waals surface area contributed by atoms with E-state index in [9.17, 15) is 8.42 Å². The first-order valence-electron chi connectivity index (χ1n) is 6.99. The largest absolute Gasteiger partial charge is 0.349 e.